The molecule has 1 aromatic carbocycles. The topological polar surface area (TPSA) is 38.9 Å². The van der Waals surface area contributed by atoms with Crippen LogP contribution >= 0.6 is 0 Å². The Morgan fingerprint density at radius 1 is 1.04 bits per heavy atom. The minimum absolute atomic E-state index is 0.0621. The molecule has 0 spiro atoms. The molecule has 0 fully saturated rings. The smallest absolute Gasteiger partial charge is 0.227 e. The second kappa shape index (κ2) is 5.17. The number of hydrogen-bond acceptors (Lipinski definition) is 3. The summed E-state index contributed by atoms with van der Waals surface area (Å²) in [6.45, 7) is 1.85. The third-order valence-electron chi connectivity index (χ3n) is 4.15. The van der Waals surface area contributed by atoms with E-state index in [2.05, 4.69) is 9.97 Å². The fraction of sp³-hybridized carbons (Fsp3) is 0.238. The summed E-state index contributed by atoms with van der Waals surface area (Å²) < 4.78 is 72.3. The van der Waals surface area contributed by atoms with Gasteiger partial charge in [0.25, 0.3) is 0 Å². The number of nitrogens with zero attached hydrogens (tertiary/aromatic N) is 2. The van der Waals surface area contributed by atoms with Crippen molar-refractivity contribution in [2.24, 2.45) is 0 Å². The van der Waals surface area contributed by atoms with Crippen LogP contribution in [-0.4, -0.2) is 9.97 Å². The lowest BCUT2D eigenvalue weighted by atomic mass is 9.89. The van der Waals surface area contributed by atoms with Crippen molar-refractivity contribution in [3.8, 4) is 11.3 Å². The molecule has 0 amide bonds. The van der Waals surface area contributed by atoms with Crippen molar-refractivity contribution in [2.75, 3.05) is 0 Å². The van der Waals surface area contributed by atoms with Gasteiger partial charge in [-0.1, -0.05) is 0 Å². The summed E-state index contributed by atoms with van der Waals surface area (Å²) in [5.74, 6) is 0. The van der Waals surface area contributed by atoms with Gasteiger partial charge in [0, 0.05) is 39.2 Å². The van der Waals surface area contributed by atoms with E-state index in [0.717, 1.165) is 11.1 Å². The minimum Gasteiger partial charge on any atom is -0.438 e. The van der Waals surface area contributed by atoms with Gasteiger partial charge < -0.3 is 4.42 Å². The van der Waals surface area contributed by atoms with Crippen LogP contribution in [0.25, 0.3) is 33.3 Å². The molecule has 4 aromatic rings. The van der Waals surface area contributed by atoms with Crippen LogP contribution in [0.1, 0.15) is 40.5 Å². The first kappa shape index (κ1) is 7.93. The molecule has 0 saturated heterocycles. The number of pyridine rings is 2. The van der Waals surface area contributed by atoms with Gasteiger partial charge in [0.15, 0.2) is 0 Å². The van der Waals surface area contributed by atoms with Crippen LogP contribution in [0.15, 0.2) is 47.0 Å². The fourth-order valence-electron chi connectivity index (χ4n) is 3.00. The molecule has 118 valence electrons. The second-order valence-electron chi connectivity index (χ2n) is 5.70. The van der Waals surface area contributed by atoms with Gasteiger partial charge in [-0.3, -0.25) is 4.98 Å². The van der Waals surface area contributed by atoms with Crippen LogP contribution in [-0.2, 0) is 12.7 Å². The third kappa shape index (κ3) is 2.04. The quantitative estimate of drug-likeness (QED) is 0.481. The predicted octanol–water partition coefficient (Wildman–Crippen LogP) is 5.23. The van der Waals surface area contributed by atoms with Gasteiger partial charge in [-0.15, -0.1) is 0 Å². The van der Waals surface area contributed by atoms with E-state index in [9.17, 15) is 0 Å². The lowest BCUT2D eigenvalue weighted by Crippen LogP contribution is -2.05. The van der Waals surface area contributed by atoms with E-state index < -0.39 is 25.5 Å². The van der Waals surface area contributed by atoms with Crippen LogP contribution < -0.4 is 0 Å². The molecule has 3 aromatic heterocycles. The lowest BCUT2D eigenvalue weighted by molar-refractivity contribution is 0.652. The summed E-state index contributed by atoms with van der Waals surface area (Å²) in [5.41, 5.74) is 1.78. The van der Waals surface area contributed by atoms with E-state index in [1.807, 2.05) is 19.1 Å². The third-order valence-corrected chi connectivity index (χ3v) is 4.15. The molecule has 0 aliphatic heterocycles. The Balaban J connectivity index is 1.82. The molecule has 0 unspecified atom stereocenters. The number of fused-ring (bicyclic) bond motifs is 4. The Morgan fingerprint density at radius 2 is 1.96 bits per heavy atom. The van der Waals surface area contributed by atoms with E-state index in [1.54, 1.807) is 18.2 Å². The summed E-state index contributed by atoms with van der Waals surface area (Å²) in [6.07, 6.45) is -10.6. The number of hydrogen-bond donors (Lipinski definition) is 0. The van der Waals surface area contributed by atoms with Crippen LogP contribution in [0, 0.1) is 6.92 Å². The molecule has 0 bridgehead atoms. The first-order valence-electron chi connectivity index (χ1n) is 11.6. The maximum absolute atomic E-state index is 8.54. The molecular formula is C21H18N2O. The van der Waals surface area contributed by atoms with Crippen LogP contribution in [0.5, 0.6) is 0 Å². The van der Waals surface area contributed by atoms with Gasteiger partial charge in [0.1, 0.15) is 5.58 Å². The molecule has 3 heteroatoms. The molecule has 24 heavy (non-hydrogen) atoms. The molecule has 1 aliphatic carbocycles. The SMILES string of the molecule is [2H]C1([2H])c2ccnc(-c3ccc4oc5nc(C)ccc5c4c3)c2C([2H])([2H])C([2H])([2H])C1([2H])[2H]. The summed E-state index contributed by atoms with van der Waals surface area (Å²) in [4.78, 5) is 8.66. The van der Waals surface area contributed by atoms with Gasteiger partial charge in [-0.05, 0) is 79.9 Å². The summed E-state index contributed by atoms with van der Waals surface area (Å²) in [6, 6.07) is 9.99. The zero-order valence-corrected chi connectivity index (χ0v) is 12.8. The Kier molecular flexibility index (Phi) is 1.71. The molecule has 3 nitrogen and oxygen atoms in total. The molecule has 0 radical (unpaired) electrons. The van der Waals surface area contributed by atoms with Gasteiger partial charge in [0.2, 0.25) is 5.71 Å². The predicted molar refractivity (Wildman–Crippen MR) is 96.1 cm³/mol. The maximum Gasteiger partial charge on any atom is 0.227 e. The number of rotatable bonds is 1. The summed E-state index contributed by atoms with van der Waals surface area (Å²) in [5, 5.41) is 1.46. The zero-order valence-electron chi connectivity index (χ0n) is 20.8. The molecule has 1 aliphatic rings. The minimum atomic E-state index is -3.15. The average Bonchev–Trinajstić information content (AvgIpc) is 3.08. The molecule has 0 saturated carbocycles. The van der Waals surface area contributed by atoms with Crippen molar-refractivity contribution in [1.29, 1.82) is 0 Å². The van der Waals surface area contributed by atoms with Crippen molar-refractivity contribution in [3.63, 3.8) is 0 Å². The van der Waals surface area contributed by atoms with E-state index in [4.69, 9.17) is 15.4 Å². The van der Waals surface area contributed by atoms with Crippen molar-refractivity contribution in [2.45, 2.75) is 32.4 Å². The van der Waals surface area contributed by atoms with E-state index >= 15 is 0 Å². The van der Waals surface area contributed by atoms with Crippen LogP contribution in [0.2, 0.25) is 0 Å². The van der Waals surface area contributed by atoms with Gasteiger partial charge in [-0.2, -0.15) is 0 Å². The second-order valence-corrected chi connectivity index (χ2v) is 5.70. The highest BCUT2D eigenvalue weighted by Crippen LogP contribution is 2.34. The zero-order chi connectivity index (χ0) is 23.3. The van der Waals surface area contributed by atoms with E-state index in [1.165, 1.54) is 12.3 Å². The first-order chi connectivity index (χ1) is 14.8. The molecule has 3 heterocycles. The maximum atomic E-state index is 8.54. The summed E-state index contributed by atoms with van der Waals surface area (Å²) >= 11 is 0. The molecule has 0 N–H and O–H groups in total. The Bertz CT molecular complexity index is 1410. The largest absolute Gasteiger partial charge is 0.438 e. The van der Waals surface area contributed by atoms with Crippen molar-refractivity contribution >= 4 is 22.1 Å². The Hall–Kier alpha value is -2.68. The molecule has 0 atom stereocenters. The van der Waals surface area contributed by atoms with Crippen LogP contribution in [0.4, 0.5) is 0 Å². The summed E-state index contributed by atoms with van der Waals surface area (Å²) in [7, 11) is 0. The van der Waals surface area contributed by atoms with E-state index in [0.29, 0.717) is 22.2 Å². The fourth-order valence-corrected chi connectivity index (χ4v) is 3.00. The highest BCUT2D eigenvalue weighted by Gasteiger charge is 2.16. The number of benzene rings is 1. The highest BCUT2D eigenvalue weighted by atomic mass is 16.3. The average molecular weight is 322 g/mol. The molecular weight excluding hydrogens is 296 g/mol. The van der Waals surface area contributed by atoms with E-state index in [-0.39, 0.29) is 16.8 Å². The van der Waals surface area contributed by atoms with Crippen LogP contribution in [0.3, 0.4) is 0 Å². The normalized spacial score (nSPS) is 27.5. The highest BCUT2D eigenvalue weighted by molar-refractivity contribution is 6.05. The monoisotopic (exact) mass is 322 g/mol. The number of aryl methyl sites for hydroxylation is 2. The number of aromatic nitrogens is 2. The Morgan fingerprint density at radius 3 is 2.92 bits per heavy atom. The van der Waals surface area contributed by atoms with Gasteiger partial charge >= 0.3 is 0 Å². The molecule has 5 rings (SSSR count). The lowest BCUT2D eigenvalue weighted by Gasteiger charge is -2.18. The standard InChI is InChI=1S/C21H18N2O/c1-13-6-8-17-18-12-15(7-9-19(18)24-21(17)23-13)20-16-5-3-2-4-14(16)10-11-22-20/h6-12H,2-5H2,1H3/i2D2,3D2,4D2,5D2. The Labute approximate surface area is 151 Å². The van der Waals surface area contributed by atoms with Crippen molar-refractivity contribution in [3.05, 3.63) is 59.4 Å². The van der Waals surface area contributed by atoms with Gasteiger partial charge in [0.05, 0.1) is 5.69 Å². The number of furan rings is 1. The van der Waals surface area contributed by atoms with Gasteiger partial charge in [-0.25, -0.2) is 4.98 Å². The van der Waals surface area contributed by atoms with Crippen molar-refractivity contribution < 1.29 is 15.4 Å². The first-order valence-corrected chi connectivity index (χ1v) is 7.61. The van der Waals surface area contributed by atoms with Crippen molar-refractivity contribution in [1.82, 2.24) is 9.97 Å².